The Kier molecular flexibility index (Phi) is 6.32. The smallest absolute Gasteiger partial charge is 0.267 e. The first-order valence-electron chi connectivity index (χ1n) is 7.07. The second-order valence-electron chi connectivity index (χ2n) is 5.97. The third-order valence-electron chi connectivity index (χ3n) is 3.74. The van der Waals surface area contributed by atoms with E-state index in [4.69, 9.17) is 0 Å². The molecule has 1 amide bonds. The molecule has 2 atom stereocenters. The monoisotopic (exact) mass is 328 g/mol. The molecule has 1 aromatic rings. The number of hydroxylamine groups is 1. The van der Waals surface area contributed by atoms with Crippen molar-refractivity contribution in [1.29, 1.82) is 0 Å². The molecule has 0 radical (unpaired) electrons. The zero-order valence-corrected chi connectivity index (χ0v) is 14.6. The van der Waals surface area contributed by atoms with E-state index >= 15 is 0 Å². The molecule has 0 bridgehead atoms. The molecule has 1 aromatic carbocycles. The van der Waals surface area contributed by atoms with Crippen LogP contribution in [-0.4, -0.2) is 59.9 Å². The van der Waals surface area contributed by atoms with Crippen LogP contribution in [0.4, 0.5) is 5.69 Å². The van der Waals surface area contributed by atoms with Crippen LogP contribution in [0.25, 0.3) is 0 Å². The van der Waals surface area contributed by atoms with Crippen molar-refractivity contribution in [3.05, 3.63) is 29.8 Å². The van der Waals surface area contributed by atoms with Crippen LogP contribution in [0.3, 0.4) is 0 Å². The summed E-state index contributed by atoms with van der Waals surface area (Å²) in [6, 6.07) is 6.35. The molecule has 0 aromatic heterocycles. The lowest BCUT2D eigenvalue weighted by molar-refractivity contribution is -0.128. The summed E-state index contributed by atoms with van der Waals surface area (Å²) in [7, 11) is -0.998. The fourth-order valence-corrected chi connectivity index (χ4v) is 2.55. The number of benzene rings is 1. The van der Waals surface area contributed by atoms with Crippen LogP contribution >= 0.6 is 7.14 Å². The molecule has 124 valence electrons. The van der Waals surface area contributed by atoms with E-state index in [0.29, 0.717) is 10.8 Å². The standard InChI is InChI=1S/C15H25N2O4P/c1-11-8-6-7-9-13(11)17(20)15(19)12(2)16(3)10-14(18)22(4,5)21/h6-9,12,14,18,20H,10H2,1-5H3. The number of anilines is 1. The third kappa shape index (κ3) is 4.65. The normalized spacial score (nSPS) is 14.7. The Labute approximate surface area is 131 Å². The van der Waals surface area contributed by atoms with Crippen LogP contribution in [0, 0.1) is 6.92 Å². The number of aryl methyl sites for hydroxylation is 1. The fraction of sp³-hybridized carbons (Fsp3) is 0.533. The number of nitrogens with zero attached hydrogens (tertiary/aromatic N) is 2. The van der Waals surface area contributed by atoms with Gasteiger partial charge in [0.1, 0.15) is 13.0 Å². The second kappa shape index (κ2) is 7.38. The minimum atomic E-state index is -2.64. The maximum Gasteiger partial charge on any atom is 0.267 e. The van der Waals surface area contributed by atoms with Gasteiger partial charge in [0, 0.05) is 6.54 Å². The summed E-state index contributed by atoms with van der Waals surface area (Å²) in [4.78, 5) is 13.9. The lowest BCUT2D eigenvalue weighted by atomic mass is 10.2. The number of hydrogen-bond donors (Lipinski definition) is 2. The summed E-state index contributed by atoms with van der Waals surface area (Å²) in [5.41, 5.74) is 1.20. The van der Waals surface area contributed by atoms with E-state index < -0.39 is 24.9 Å². The molecule has 1 rings (SSSR count). The van der Waals surface area contributed by atoms with Crippen LogP contribution in [0.2, 0.25) is 0 Å². The first kappa shape index (κ1) is 18.8. The van der Waals surface area contributed by atoms with Crippen molar-refractivity contribution in [3.63, 3.8) is 0 Å². The zero-order valence-electron chi connectivity index (χ0n) is 13.7. The van der Waals surface area contributed by atoms with Gasteiger partial charge >= 0.3 is 0 Å². The minimum absolute atomic E-state index is 0.0960. The largest absolute Gasteiger partial charge is 0.384 e. The lowest BCUT2D eigenvalue weighted by Crippen LogP contribution is -2.46. The Balaban J connectivity index is 2.80. The Hall–Kier alpha value is -1.20. The maximum atomic E-state index is 12.4. The van der Waals surface area contributed by atoms with Crippen molar-refractivity contribution in [2.45, 2.75) is 25.7 Å². The van der Waals surface area contributed by atoms with Crippen LogP contribution in [-0.2, 0) is 9.36 Å². The van der Waals surface area contributed by atoms with Gasteiger partial charge in [0.2, 0.25) is 0 Å². The summed E-state index contributed by atoms with van der Waals surface area (Å²) < 4.78 is 11.8. The molecule has 0 fully saturated rings. The average molecular weight is 328 g/mol. The number of likely N-dealkylation sites (N-methyl/N-ethyl adjacent to an activating group) is 1. The Morgan fingerprint density at radius 2 is 1.86 bits per heavy atom. The molecule has 2 N–H and O–H groups in total. The number of aliphatic hydroxyl groups is 1. The molecule has 7 heteroatoms. The molecular formula is C15H25N2O4P. The van der Waals surface area contributed by atoms with E-state index in [1.54, 1.807) is 44.0 Å². The minimum Gasteiger partial charge on any atom is -0.384 e. The first-order valence-corrected chi connectivity index (χ1v) is 9.74. The van der Waals surface area contributed by atoms with Crippen molar-refractivity contribution in [2.75, 3.05) is 32.0 Å². The Morgan fingerprint density at radius 1 is 1.32 bits per heavy atom. The number of para-hydroxylation sites is 1. The summed E-state index contributed by atoms with van der Waals surface area (Å²) in [6.07, 6.45) is 0. The summed E-state index contributed by atoms with van der Waals surface area (Å²) >= 11 is 0. The van der Waals surface area contributed by atoms with Crippen LogP contribution in [0.15, 0.2) is 24.3 Å². The van der Waals surface area contributed by atoms with E-state index in [1.807, 2.05) is 6.07 Å². The van der Waals surface area contributed by atoms with E-state index in [1.165, 1.54) is 13.3 Å². The van der Waals surface area contributed by atoms with Gasteiger partial charge < -0.3 is 9.67 Å². The van der Waals surface area contributed by atoms with Crippen LogP contribution in [0.1, 0.15) is 12.5 Å². The number of carbonyl (C=O) groups is 1. The molecule has 22 heavy (non-hydrogen) atoms. The van der Waals surface area contributed by atoms with Gasteiger partial charge in [0.15, 0.2) is 0 Å². The molecule has 0 saturated heterocycles. The highest BCUT2D eigenvalue weighted by Crippen LogP contribution is 2.41. The lowest BCUT2D eigenvalue weighted by Gasteiger charge is -2.29. The predicted molar refractivity (Wildman–Crippen MR) is 88.0 cm³/mol. The number of rotatable bonds is 6. The average Bonchev–Trinajstić information content (AvgIpc) is 2.44. The van der Waals surface area contributed by atoms with E-state index in [-0.39, 0.29) is 6.54 Å². The molecule has 2 unspecified atom stereocenters. The second-order valence-corrected chi connectivity index (χ2v) is 9.43. The van der Waals surface area contributed by atoms with E-state index in [2.05, 4.69) is 0 Å². The quantitative estimate of drug-likeness (QED) is 0.474. The zero-order chi connectivity index (χ0) is 17.1. The highest BCUT2D eigenvalue weighted by molar-refractivity contribution is 7.62. The van der Waals surface area contributed by atoms with E-state index in [9.17, 15) is 19.7 Å². The molecule has 0 aliphatic rings. The van der Waals surface area contributed by atoms with Gasteiger partial charge in [-0.2, -0.15) is 5.06 Å². The first-order chi connectivity index (χ1) is 10.1. The summed E-state index contributed by atoms with van der Waals surface area (Å²) in [5, 5.41) is 20.6. The van der Waals surface area contributed by atoms with E-state index in [0.717, 1.165) is 5.56 Å². The molecule has 0 saturated carbocycles. The molecule has 0 aliphatic heterocycles. The number of carbonyl (C=O) groups excluding carboxylic acids is 1. The van der Waals surface area contributed by atoms with Gasteiger partial charge in [-0.05, 0) is 45.9 Å². The SMILES string of the molecule is Cc1ccccc1N(O)C(=O)C(C)N(C)CC(O)P(C)(C)=O. The van der Waals surface area contributed by atoms with Gasteiger partial charge in [0.25, 0.3) is 5.91 Å². The molecule has 0 spiro atoms. The summed E-state index contributed by atoms with van der Waals surface area (Å²) in [5.74, 6) is -1.51. The molecule has 0 aliphatic carbocycles. The highest BCUT2D eigenvalue weighted by atomic mass is 31.2. The maximum absolute atomic E-state index is 12.4. The highest BCUT2D eigenvalue weighted by Gasteiger charge is 2.29. The van der Waals surface area contributed by atoms with Gasteiger partial charge in [-0.1, -0.05) is 18.2 Å². The molecular weight excluding hydrogens is 303 g/mol. The molecule has 0 heterocycles. The van der Waals surface area contributed by atoms with Crippen molar-refractivity contribution in [2.24, 2.45) is 0 Å². The predicted octanol–water partition coefficient (Wildman–Crippen LogP) is 1.98. The Bertz CT molecular complexity index is 572. The van der Waals surface area contributed by atoms with Gasteiger partial charge in [-0.25, -0.2) is 0 Å². The summed E-state index contributed by atoms with van der Waals surface area (Å²) in [6.45, 7) is 6.54. The van der Waals surface area contributed by atoms with Gasteiger partial charge in [0.05, 0.1) is 11.7 Å². The third-order valence-corrected chi connectivity index (χ3v) is 5.34. The molecule has 6 nitrogen and oxygen atoms in total. The number of aliphatic hydroxyl groups excluding tert-OH is 1. The van der Waals surface area contributed by atoms with Crippen LogP contribution in [0.5, 0.6) is 0 Å². The van der Waals surface area contributed by atoms with Gasteiger partial charge in [-0.3, -0.25) is 14.9 Å². The van der Waals surface area contributed by atoms with Gasteiger partial charge in [-0.15, -0.1) is 0 Å². The van der Waals surface area contributed by atoms with Crippen molar-refractivity contribution < 1.29 is 19.7 Å². The van der Waals surface area contributed by atoms with Crippen molar-refractivity contribution >= 4 is 18.7 Å². The van der Waals surface area contributed by atoms with Crippen molar-refractivity contribution in [1.82, 2.24) is 4.90 Å². The number of amides is 1. The number of hydrogen-bond acceptors (Lipinski definition) is 5. The van der Waals surface area contributed by atoms with Crippen LogP contribution < -0.4 is 5.06 Å². The topological polar surface area (TPSA) is 81.1 Å². The fourth-order valence-electron chi connectivity index (χ4n) is 1.90. The van der Waals surface area contributed by atoms with Crippen molar-refractivity contribution in [3.8, 4) is 0 Å². The Morgan fingerprint density at radius 3 is 2.36 bits per heavy atom.